The standard InChI is InChI=1S/C20H21N5OS/c1-2-12-25-19(16-8-5-6-11-21-16)22-23-20(25)27-14-18(26)24-13-10-15-7-3-4-9-17(15)24/h3-9,11H,2,10,12-14H2,1H3. The zero-order valence-electron chi connectivity index (χ0n) is 15.2. The van der Waals surface area contributed by atoms with E-state index in [1.54, 1.807) is 6.20 Å². The number of anilines is 1. The maximum atomic E-state index is 12.8. The first-order chi connectivity index (χ1) is 13.3. The Hall–Kier alpha value is -2.67. The Morgan fingerprint density at radius 3 is 2.81 bits per heavy atom. The molecule has 27 heavy (non-hydrogen) atoms. The van der Waals surface area contributed by atoms with Crippen molar-refractivity contribution in [2.24, 2.45) is 0 Å². The van der Waals surface area contributed by atoms with Crippen LogP contribution in [0.5, 0.6) is 0 Å². The number of nitrogens with zero attached hydrogens (tertiary/aromatic N) is 5. The van der Waals surface area contributed by atoms with E-state index in [0.717, 1.165) is 48.3 Å². The molecule has 1 aliphatic rings. The number of fused-ring (bicyclic) bond motifs is 1. The van der Waals surface area contributed by atoms with Crippen molar-refractivity contribution in [2.75, 3.05) is 17.2 Å². The summed E-state index contributed by atoms with van der Waals surface area (Å²) in [6.45, 7) is 3.66. The van der Waals surface area contributed by atoms with Crippen molar-refractivity contribution in [3.63, 3.8) is 0 Å². The van der Waals surface area contributed by atoms with Crippen molar-refractivity contribution < 1.29 is 4.79 Å². The van der Waals surface area contributed by atoms with Crippen LogP contribution >= 0.6 is 11.8 Å². The third-order valence-electron chi connectivity index (χ3n) is 4.57. The molecule has 7 heteroatoms. The molecule has 1 amide bonds. The first kappa shape index (κ1) is 17.7. The molecule has 1 aromatic carbocycles. The summed E-state index contributed by atoms with van der Waals surface area (Å²) < 4.78 is 2.05. The van der Waals surface area contributed by atoms with Crippen LogP contribution in [-0.4, -0.2) is 38.0 Å². The van der Waals surface area contributed by atoms with E-state index in [9.17, 15) is 4.79 Å². The molecule has 3 aromatic rings. The lowest BCUT2D eigenvalue weighted by molar-refractivity contribution is -0.116. The molecule has 6 nitrogen and oxygen atoms in total. The summed E-state index contributed by atoms with van der Waals surface area (Å²) in [5, 5.41) is 9.40. The minimum Gasteiger partial charge on any atom is -0.311 e. The van der Waals surface area contributed by atoms with Crippen molar-refractivity contribution in [3.8, 4) is 11.5 Å². The number of para-hydroxylation sites is 1. The van der Waals surface area contributed by atoms with Gasteiger partial charge in [0, 0.05) is 25.0 Å². The van der Waals surface area contributed by atoms with Gasteiger partial charge in [-0.25, -0.2) is 0 Å². The van der Waals surface area contributed by atoms with Crippen LogP contribution in [0.25, 0.3) is 11.5 Å². The molecule has 0 fully saturated rings. The van der Waals surface area contributed by atoms with Crippen LogP contribution < -0.4 is 4.90 Å². The third kappa shape index (κ3) is 3.60. The predicted molar refractivity (Wildman–Crippen MR) is 107 cm³/mol. The number of hydrogen-bond donors (Lipinski definition) is 0. The van der Waals surface area contributed by atoms with Gasteiger partial charge in [-0.3, -0.25) is 9.78 Å². The molecule has 0 spiro atoms. The Bertz CT molecular complexity index is 941. The summed E-state index contributed by atoms with van der Waals surface area (Å²) in [7, 11) is 0. The Balaban J connectivity index is 1.50. The zero-order chi connectivity index (χ0) is 18.6. The number of carbonyl (C=O) groups excluding carboxylic acids is 1. The van der Waals surface area contributed by atoms with Crippen molar-refractivity contribution in [3.05, 3.63) is 54.2 Å². The molecule has 0 aliphatic carbocycles. The number of rotatable bonds is 6. The van der Waals surface area contributed by atoms with Gasteiger partial charge in [0.1, 0.15) is 5.69 Å². The normalized spacial score (nSPS) is 13.0. The van der Waals surface area contributed by atoms with Crippen LogP contribution in [0.1, 0.15) is 18.9 Å². The second-order valence-electron chi connectivity index (χ2n) is 6.39. The summed E-state index contributed by atoms with van der Waals surface area (Å²) >= 11 is 1.44. The maximum absolute atomic E-state index is 12.8. The molecule has 0 N–H and O–H groups in total. The first-order valence-corrected chi connectivity index (χ1v) is 10.1. The van der Waals surface area contributed by atoms with Crippen LogP contribution in [-0.2, 0) is 17.8 Å². The SMILES string of the molecule is CCCn1c(SCC(=O)N2CCc3ccccc32)nnc1-c1ccccn1. The summed E-state index contributed by atoms with van der Waals surface area (Å²) in [4.78, 5) is 19.0. The fraction of sp³-hybridized carbons (Fsp3) is 0.300. The molecule has 0 saturated carbocycles. The largest absolute Gasteiger partial charge is 0.311 e. The van der Waals surface area contributed by atoms with Crippen molar-refractivity contribution >= 4 is 23.4 Å². The van der Waals surface area contributed by atoms with Gasteiger partial charge in [-0.05, 0) is 36.6 Å². The highest BCUT2D eigenvalue weighted by molar-refractivity contribution is 7.99. The van der Waals surface area contributed by atoms with Crippen LogP contribution in [0.3, 0.4) is 0 Å². The smallest absolute Gasteiger partial charge is 0.237 e. The molecule has 0 unspecified atom stereocenters. The summed E-state index contributed by atoms with van der Waals surface area (Å²) in [5.74, 6) is 1.20. The molecule has 1 aliphatic heterocycles. The van der Waals surface area contributed by atoms with E-state index in [0.29, 0.717) is 5.75 Å². The Kier molecular flexibility index (Phi) is 5.20. The van der Waals surface area contributed by atoms with E-state index in [1.165, 1.54) is 17.3 Å². The van der Waals surface area contributed by atoms with E-state index in [4.69, 9.17) is 0 Å². The molecule has 138 valence electrons. The highest BCUT2D eigenvalue weighted by atomic mass is 32.2. The second kappa shape index (κ2) is 7.92. The van der Waals surface area contributed by atoms with Gasteiger partial charge in [-0.2, -0.15) is 0 Å². The number of amides is 1. The molecule has 4 rings (SSSR count). The number of pyridine rings is 1. The van der Waals surface area contributed by atoms with Gasteiger partial charge in [0.15, 0.2) is 11.0 Å². The molecule has 2 aromatic heterocycles. The Morgan fingerprint density at radius 1 is 1.15 bits per heavy atom. The molecule has 3 heterocycles. The number of carbonyl (C=O) groups is 1. The molecule has 0 radical (unpaired) electrons. The van der Waals surface area contributed by atoms with Gasteiger partial charge < -0.3 is 9.47 Å². The number of benzene rings is 1. The fourth-order valence-corrected chi connectivity index (χ4v) is 4.15. The van der Waals surface area contributed by atoms with Crippen LogP contribution in [0.15, 0.2) is 53.8 Å². The minimum atomic E-state index is 0.107. The highest BCUT2D eigenvalue weighted by Crippen LogP contribution is 2.29. The average Bonchev–Trinajstić information content (AvgIpc) is 3.31. The first-order valence-electron chi connectivity index (χ1n) is 9.13. The van der Waals surface area contributed by atoms with Gasteiger partial charge in [0.2, 0.25) is 5.91 Å². The number of hydrogen-bond acceptors (Lipinski definition) is 5. The summed E-state index contributed by atoms with van der Waals surface area (Å²) in [6, 6.07) is 13.9. The molecular formula is C20H21N5OS. The van der Waals surface area contributed by atoms with Gasteiger partial charge in [0.05, 0.1) is 5.75 Å². The molecule has 0 bridgehead atoms. The topological polar surface area (TPSA) is 63.9 Å². The lowest BCUT2D eigenvalue weighted by Crippen LogP contribution is -2.30. The van der Waals surface area contributed by atoms with Gasteiger partial charge >= 0.3 is 0 Å². The number of thioether (sulfide) groups is 1. The Morgan fingerprint density at radius 2 is 2.00 bits per heavy atom. The Labute approximate surface area is 162 Å². The van der Waals surface area contributed by atoms with Crippen LogP contribution in [0, 0.1) is 0 Å². The van der Waals surface area contributed by atoms with E-state index in [1.807, 2.05) is 41.3 Å². The quantitative estimate of drug-likeness (QED) is 0.614. The molecule has 0 atom stereocenters. The van der Waals surface area contributed by atoms with E-state index >= 15 is 0 Å². The average molecular weight is 379 g/mol. The summed E-state index contributed by atoms with van der Waals surface area (Å²) in [5.41, 5.74) is 3.07. The van der Waals surface area contributed by atoms with Gasteiger partial charge in [-0.1, -0.05) is 43.0 Å². The predicted octanol–water partition coefficient (Wildman–Crippen LogP) is 3.43. The molecule has 0 saturated heterocycles. The number of aromatic nitrogens is 4. The summed E-state index contributed by atoms with van der Waals surface area (Å²) in [6.07, 6.45) is 3.63. The third-order valence-corrected chi connectivity index (χ3v) is 5.52. The van der Waals surface area contributed by atoms with E-state index in [2.05, 4.69) is 32.7 Å². The zero-order valence-corrected chi connectivity index (χ0v) is 16.0. The van der Waals surface area contributed by atoms with E-state index < -0.39 is 0 Å². The van der Waals surface area contributed by atoms with Crippen molar-refractivity contribution in [1.82, 2.24) is 19.7 Å². The lowest BCUT2D eigenvalue weighted by atomic mass is 10.2. The minimum absolute atomic E-state index is 0.107. The van der Waals surface area contributed by atoms with E-state index in [-0.39, 0.29) is 5.91 Å². The van der Waals surface area contributed by atoms with Crippen molar-refractivity contribution in [2.45, 2.75) is 31.5 Å². The second-order valence-corrected chi connectivity index (χ2v) is 7.33. The fourth-order valence-electron chi connectivity index (χ4n) is 3.31. The highest BCUT2D eigenvalue weighted by Gasteiger charge is 2.25. The maximum Gasteiger partial charge on any atom is 0.237 e. The van der Waals surface area contributed by atoms with Crippen LogP contribution in [0.4, 0.5) is 5.69 Å². The van der Waals surface area contributed by atoms with Crippen LogP contribution in [0.2, 0.25) is 0 Å². The van der Waals surface area contributed by atoms with Crippen molar-refractivity contribution in [1.29, 1.82) is 0 Å². The van der Waals surface area contributed by atoms with Gasteiger partial charge in [0.25, 0.3) is 0 Å². The lowest BCUT2D eigenvalue weighted by Gasteiger charge is -2.17. The monoisotopic (exact) mass is 379 g/mol. The molecular weight excluding hydrogens is 358 g/mol. The van der Waals surface area contributed by atoms with Gasteiger partial charge in [-0.15, -0.1) is 10.2 Å².